The maximum absolute atomic E-state index is 14.3. The van der Waals surface area contributed by atoms with E-state index in [0.29, 0.717) is 36.4 Å². The molecule has 0 bridgehead atoms. The average Bonchev–Trinajstić information content (AvgIpc) is 3.16. The average molecular weight is 447 g/mol. The lowest BCUT2D eigenvalue weighted by Crippen LogP contribution is -2.16. The Labute approximate surface area is 189 Å². The number of aryl methyl sites for hydroxylation is 1. The van der Waals surface area contributed by atoms with Gasteiger partial charge in [0.05, 0.1) is 5.69 Å². The van der Waals surface area contributed by atoms with Crippen molar-refractivity contribution in [2.45, 2.75) is 19.4 Å². The summed E-state index contributed by atoms with van der Waals surface area (Å²) < 4.78 is 26.6. The molecule has 0 aliphatic carbocycles. The minimum Gasteiger partial charge on any atom is -0.482 e. The number of oxazole rings is 1. The zero-order valence-electron chi connectivity index (χ0n) is 17.7. The third kappa shape index (κ3) is 5.20. The summed E-state index contributed by atoms with van der Waals surface area (Å²) in [5.74, 6) is -1.23. The third-order valence-electron chi connectivity index (χ3n) is 5.19. The molecule has 0 saturated heterocycles. The van der Waals surface area contributed by atoms with E-state index in [-0.39, 0.29) is 5.75 Å². The lowest BCUT2D eigenvalue weighted by Gasteiger charge is -2.10. The van der Waals surface area contributed by atoms with Crippen molar-refractivity contribution in [1.82, 2.24) is 4.57 Å². The van der Waals surface area contributed by atoms with Gasteiger partial charge in [-0.25, -0.2) is 14.0 Å². The van der Waals surface area contributed by atoms with Gasteiger partial charge in [-0.15, -0.1) is 0 Å². The van der Waals surface area contributed by atoms with Crippen LogP contribution in [0, 0.1) is 5.82 Å². The van der Waals surface area contributed by atoms with Gasteiger partial charge in [0.25, 0.3) is 0 Å². The number of hydrogen-bond donors (Lipinski definition) is 1. The molecule has 0 spiro atoms. The van der Waals surface area contributed by atoms with Gasteiger partial charge in [0.15, 0.2) is 12.4 Å². The second-order valence-corrected chi connectivity index (χ2v) is 7.47. The van der Waals surface area contributed by atoms with Crippen molar-refractivity contribution in [3.8, 4) is 28.3 Å². The minimum absolute atomic E-state index is 0.283. The van der Waals surface area contributed by atoms with E-state index in [1.165, 1.54) is 18.2 Å². The van der Waals surface area contributed by atoms with Crippen LogP contribution in [0.1, 0.15) is 12.0 Å². The van der Waals surface area contributed by atoms with Gasteiger partial charge in [-0.2, -0.15) is 0 Å². The number of hydrogen-bond acceptors (Lipinski definition) is 4. The van der Waals surface area contributed by atoms with Crippen molar-refractivity contribution < 1.29 is 23.4 Å². The molecular weight excluding hydrogens is 425 g/mol. The fourth-order valence-corrected chi connectivity index (χ4v) is 3.68. The van der Waals surface area contributed by atoms with Gasteiger partial charge in [-0.1, -0.05) is 60.7 Å². The number of carboxylic acids is 1. The number of nitrogens with zero attached hydrogens (tertiary/aromatic N) is 1. The Hall–Kier alpha value is -4.13. The lowest BCUT2D eigenvalue weighted by molar-refractivity contribution is -0.139. The molecule has 6 nitrogen and oxygen atoms in total. The van der Waals surface area contributed by atoms with Crippen LogP contribution in [0.5, 0.6) is 5.75 Å². The summed E-state index contributed by atoms with van der Waals surface area (Å²) in [5.41, 5.74) is 2.70. The van der Waals surface area contributed by atoms with E-state index in [1.54, 1.807) is 4.57 Å². The number of aliphatic carboxylic acids is 1. The largest absolute Gasteiger partial charge is 0.482 e. The molecular formula is C26H22FNO5. The minimum atomic E-state index is -1.11. The van der Waals surface area contributed by atoms with Gasteiger partial charge >= 0.3 is 11.7 Å². The summed E-state index contributed by atoms with van der Waals surface area (Å²) in [4.78, 5) is 23.5. The van der Waals surface area contributed by atoms with E-state index < -0.39 is 24.1 Å². The maximum atomic E-state index is 14.3. The first-order valence-corrected chi connectivity index (χ1v) is 10.5. The van der Waals surface area contributed by atoms with Crippen LogP contribution in [0.4, 0.5) is 4.39 Å². The third-order valence-corrected chi connectivity index (χ3v) is 5.19. The van der Waals surface area contributed by atoms with E-state index in [9.17, 15) is 14.0 Å². The van der Waals surface area contributed by atoms with Gasteiger partial charge in [0.2, 0.25) is 0 Å². The molecule has 4 rings (SSSR count). The van der Waals surface area contributed by atoms with Crippen molar-refractivity contribution in [2.24, 2.45) is 0 Å². The van der Waals surface area contributed by atoms with Crippen molar-refractivity contribution >= 4 is 5.97 Å². The quantitative estimate of drug-likeness (QED) is 0.390. The van der Waals surface area contributed by atoms with Crippen LogP contribution in [0.15, 0.2) is 88.1 Å². The maximum Gasteiger partial charge on any atom is 0.419 e. The Morgan fingerprint density at radius 3 is 2.30 bits per heavy atom. The van der Waals surface area contributed by atoms with Crippen LogP contribution in [0.3, 0.4) is 0 Å². The second-order valence-electron chi connectivity index (χ2n) is 7.47. The second kappa shape index (κ2) is 9.99. The molecule has 168 valence electrons. The Morgan fingerprint density at radius 1 is 0.970 bits per heavy atom. The summed E-state index contributed by atoms with van der Waals surface area (Å²) in [6, 6.07) is 23.1. The highest BCUT2D eigenvalue weighted by molar-refractivity contribution is 5.77. The summed E-state index contributed by atoms with van der Waals surface area (Å²) in [6.07, 6.45) is 0.801. The SMILES string of the molecule is O=C(O)COc1ccc(F)c(CCCn2c(-c3ccccc3)c(-c3ccccc3)oc2=O)c1. The molecule has 0 aliphatic rings. The van der Waals surface area contributed by atoms with Crippen LogP contribution >= 0.6 is 0 Å². The molecule has 0 unspecified atom stereocenters. The molecule has 0 fully saturated rings. The molecule has 1 aromatic heterocycles. The van der Waals surface area contributed by atoms with Gasteiger partial charge < -0.3 is 14.3 Å². The van der Waals surface area contributed by atoms with Crippen molar-refractivity contribution in [3.63, 3.8) is 0 Å². The zero-order valence-corrected chi connectivity index (χ0v) is 17.7. The van der Waals surface area contributed by atoms with Crippen molar-refractivity contribution in [3.05, 3.63) is 101 Å². The first-order chi connectivity index (χ1) is 16.0. The molecule has 4 aromatic rings. The van der Waals surface area contributed by atoms with E-state index in [1.807, 2.05) is 60.7 Å². The van der Waals surface area contributed by atoms with Gasteiger partial charge in [0, 0.05) is 17.7 Å². The number of ether oxygens (including phenoxy) is 1. The standard InChI is InChI=1S/C26H22FNO5/c27-22-14-13-21(32-17-23(29)30)16-20(22)12-7-15-28-24(18-8-3-1-4-9-18)25(33-26(28)31)19-10-5-2-6-11-19/h1-6,8-11,13-14,16H,7,12,15,17H2,(H,29,30). The van der Waals surface area contributed by atoms with Crippen LogP contribution in [0.2, 0.25) is 0 Å². The van der Waals surface area contributed by atoms with E-state index in [2.05, 4.69) is 0 Å². The molecule has 0 aliphatic heterocycles. The van der Waals surface area contributed by atoms with Gasteiger partial charge in [-0.05, 0) is 36.6 Å². The molecule has 7 heteroatoms. The smallest absolute Gasteiger partial charge is 0.419 e. The topological polar surface area (TPSA) is 81.7 Å². The Balaban J connectivity index is 1.59. The number of rotatable bonds is 9. The summed E-state index contributed by atoms with van der Waals surface area (Å²) >= 11 is 0. The molecule has 0 amide bonds. The van der Waals surface area contributed by atoms with E-state index in [0.717, 1.165) is 11.1 Å². The van der Waals surface area contributed by atoms with Crippen molar-refractivity contribution in [1.29, 1.82) is 0 Å². The van der Waals surface area contributed by atoms with Gasteiger partial charge in [0.1, 0.15) is 11.6 Å². The Bertz CT molecular complexity index is 1300. The molecule has 0 radical (unpaired) electrons. The molecule has 0 atom stereocenters. The molecule has 33 heavy (non-hydrogen) atoms. The molecule has 1 heterocycles. The highest BCUT2D eigenvalue weighted by atomic mass is 19.1. The number of aromatic nitrogens is 1. The van der Waals surface area contributed by atoms with E-state index >= 15 is 0 Å². The molecule has 3 aromatic carbocycles. The van der Waals surface area contributed by atoms with Crippen molar-refractivity contribution in [2.75, 3.05) is 6.61 Å². The predicted molar refractivity (Wildman–Crippen MR) is 122 cm³/mol. The highest BCUT2D eigenvalue weighted by Gasteiger charge is 2.19. The Kier molecular flexibility index (Phi) is 6.69. The zero-order chi connectivity index (χ0) is 23.2. The number of benzene rings is 3. The van der Waals surface area contributed by atoms with Crippen LogP contribution in [-0.2, 0) is 17.8 Å². The van der Waals surface area contributed by atoms with Crippen LogP contribution in [0.25, 0.3) is 22.6 Å². The fourth-order valence-electron chi connectivity index (χ4n) is 3.68. The normalized spacial score (nSPS) is 10.8. The monoisotopic (exact) mass is 447 g/mol. The predicted octanol–water partition coefficient (Wildman–Crippen LogP) is 5.01. The summed E-state index contributed by atoms with van der Waals surface area (Å²) in [5, 5.41) is 8.76. The summed E-state index contributed by atoms with van der Waals surface area (Å²) in [7, 11) is 0. The first-order valence-electron chi connectivity index (χ1n) is 10.5. The van der Waals surface area contributed by atoms with E-state index in [4.69, 9.17) is 14.3 Å². The number of carboxylic acid groups (broad SMARTS) is 1. The van der Waals surface area contributed by atoms with Crippen LogP contribution in [-0.4, -0.2) is 22.2 Å². The first kappa shape index (κ1) is 22.1. The summed E-state index contributed by atoms with van der Waals surface area (Å²) in [6.45, 7) is -0.183. The molecule has 1 N–H and O–H groups in total. The van der Waals surface area contributed by atoms with Crippen LogP contribution < -0.4 is 10.5 Å². The number of halogens is 1. The Morgan fingerprint density at radius 2 is 1.64 bits per heavy atom. The van der Waals surface area contributed by atoms with Gasteiger partial charge in [-0.3, -0.25) is 4.57 Å². The lowest BCUT2D eigenvalue weighted by atomic mass is 10.0. The molecule has 0 saturated carbocycles. The fraction of sp³-hybridized carbons (Fsp3) is 0.154. The number of carbonyl (C=O) groups is 1. The highest BCUT2D eigenvalue weighted by Crippen LogP contribution is 2.31.